The van der Waals surface area contributed by atoms with Crippen molar-refractivity contribution in [2.75, 3.05) is 25.6 Å². The largest absolute Gasteiger partial charge is 0.481 e. The van der Waals surface area contributed by atoms with Gasteiger partial charge in [-0.15, -0.1) is 0 Å². The van der Waals surface area contributed by atoms with E-state index in [1.807, 2.05) is 0 Å². The Kier molecular flexibility index (Phi) is 4.45. The van der Waals surface area contributed by atoms with Gasteiger partial charge in [-0.1, -0.05) is 6.92 Å². The lowest BCUT2D eigenvalue weighted by Gasteiger charge is -2.19. The van der Waals surface area contributed by atoms with Crippen molar-refractivity contribution in [2.45, 2.75) is 6.92 Å². The van der Waals surface area contributed by atoms with Crippen LogP contribution in [0.5, 0.6) is 6.01 Å². The highest BCUT2D eigenvalue weighted by Gasteiger charge is 2.16. The molecule has 1 rings (SSSR count). The smallest absolute Gasteiger partial charge is 0.322 e. The lowest BCUT2D eigenvalue weighted by Crippen LogP contribution is -2.29. The first-order valence-electron chi connectivity index (χ1n) is 4.83. The number of carboxylic acids is 1. The van der Waals surface area contributed by atoms with Crippen molar-refractivity contribution in [3.05, 3.63) is 5.28 Å². The number of carbonyl (C=O) groups is 1. The topological polar surface area (TPSA) is 88.4 Å². The fraction of sp³-hybridized carbons (Fsp3) is 0.556. The lowest BCUT2D eigenvalue weighted by molar-refractivity contribution is -0.140. The molecule has 0 bridgehead atoms. The first-order valence-corrected chi connectivity index (χ1v) is 5.21. The van der Waals surface area contributed by atoms with Crippen molar-refractivity contribution in [1.29, 1.82) is 0 Å². The quantitative estimate of drug-likeness (QED) is 0.833. The maximum atomic E-state index is 10.7. The molecule has 0 saturated carbocycles. The molecule has 1 atom stereocenters. The zero-order chi connectivity index (χ0) is 13.0. The summed E-state index contributed by atoms with van der Waals surface area (Å²) in [5.41, 5.74) is 0. The summed E-state index contributed by atoms with van der Waals surface area (Å²) in [5, 5.41) is 8.80. The highest BCUT2D eigenvalue weighted by atomic mass is 35.5. The fourth-order valence-corrected chi connectivity index (χ4v) is 1.30. The minimum Gasteiger partial charge on any atom is -0.481 e. The molecule has 1 heterocycles. The third-order valence-electron chi connectivity index (χ3n) is 2.07. The number of rotatable bonds is 5. The van der Waals surface area contributed by atoms with E-state index in [1.165, 1.54) is 7.11 Å². The van der Waals surface area contributed by atoms with Crippen LogP contribution in [0.4, 0.5) is 5.95 Å². The van der Waals surface area contributed by atoms with Crippen LogP contribution >= 0.6 is 11.6 Å². The number of nitrogens with zero attached hydrogens (tertiary/aromatic N) is 4. The highest BCUT2D eigenvalue weighted by Crippen LogP contribution is 2.14. The van der Waals surface area contributed by atoms with Crippen LogP contribution in [0.15, 0.2) is 0 Å². The molecule has 7 nitrogen and oxygen atoms in total. The number of hydrogen-bond donors (Lipinski definition) is 1. The Hall–Kier alpha value is -1.63. The molecule has 1 aromatic heterocycles. The van der Waals surface area contributed by atoms with E-state index in [2.05, 4.69) is 15.0 Å². The van der Waals surface area contributed by atoms with Gasteiger partial charge in [-0.2, -0.15) is 15.0 Å². The zero-order valence-electron chi connectivity index (χ0n) is 9.71. The normalized spacial score (nSPS) is 12.0. The summed E-state index contributed by atoms with van der Waals surface area (Å²) in [5.74, 6) is -1.15. The van der Waals surface area contributed by atoms with Crippen LogP contribution in [0.2, 0.25) is 5.28 Å². The monoisotopic (exact) mass is 260 g/mol. The van der Waals surface area contributed by atoms with E-state index < -0.39 is 11.9 Å². The van der Waals surface area contributed by atoms with Crippen molar-refractivity contribution in [1.82, 2.24) is 15.0 Å². The van der Waals surface area contributed by atoms with Gasteiger partial charge in [0.15, 0.2) is 0 Å². The van der Waals surface area contributed by atoms with Gasteiger partial charge in [0.2, 0.25) is 11.2 Å². The summed E-state index contributed by atoms with van der Waals surface area (Å²) in [6.07, 6.45) is 0. The van der Waals surface area contributed by atoms with Crippen LogP contribution in [-0.4, -0.2) is 46.7 Å². The summed E-state index contributed by atoms with van der Waals surface area (Å²) in [6, 6.07) is 0.0924. The molecule has 0 radical (unpaired) electrons. The van der Waals surface area contributed by atoms with Gasteiger partial charge in [0.1, 0.15) is 0 Å². The Morgan fingerprint density at radius 1 is 1.53 bits per heavy atom. The summed E-state index contributed by atoms with van der Waals surface area (Å²) in [6.45, 7) is 1.86. The summed E-state index contributed by atoms with van der Waals surface area (Å²) >= 11 is 5.69. The van der Waals surface area contributed by atoms with Crippen molar-refractivity contribution in [3.8, 4) is 6.01 Å². The molecule has 0 aliphatic heterocycles. The lowest BCUT2D eigenvalue weighted by atomic mass is 10.2. The maximum absolute atomic E-state index is 10.7. The Morgan fingerprint density at radius 3 is 2.71 bits per heavy atom. The number of methoxy groups -OCH3 is 1. The molecule has 0 fully saturated rings. The first kappa shape index (κ1) is 13.4. The van der Waals surface area contributed by atoms with Crippen LogP contribution in [0.25, 0.3) is 0 Å². The van der Waals surface area contributed by atoms with Crippen molar-refractivity contribution in [2.24, 2.45) is 5.92 Å². The molecule has 8 heteroatoms. The van der Waals surface area contributed by atoms with Crippen LogP contribution < -0.4 is 9.64 Å². The van der Waals surface area contributed by atoms with Crippen LogP contribution in [-0.2, 0) is 4.79 Å². The van der Waals surface area contributed by atoms with Crippen LogP contribution in [0.1, 0.15) is 6.92 Å². The molecule has 17 heavy (non-hydrogen) atoms. The molecule has 0 aliphatic carbocycles. The molecule has 1 unspecified atom stereocenters. The molecule has 0 spiro atoms. The maximum Gasteiger partial charge on any atom is 0.322 e. The minimum atomic E-state index is -0.885. The number of hydrogen-bond acceptors (Lipinski definition) is 6. The molecule has 1 aromatic rings. The van der Waals surface area contributed by atoms with Crippen molar-refractivity contribution >= 4 is 23.5 Å². The molecule has 94 valence electrons. The zero-order valence-corrected chi connectivity index (χ0v) is 10.5. The van der Waals surface area contributed by atoms with Gasteiger partial charge >= 0.3 is 12.0 Å². The predicted octanol–water partition coefficient (Wildman–Crippen LogP) is 0.690. The second-order valence-electron chi connectivity index (χ2n) is 3.51. The van der Waals surface area contributed by atoms with Gasteiger partial charge in [0.25, 0.3) is 0 Å². The average molecular weight is 261 g/mol. The highest BCUT2D eigenvalue weighted by molar-refractivity contribution is 6.28. The molecule has 0 amide bonds. The fourth-order valence-electron chi connectivity index (χ4n) is 1.15. The van der Waals surface area contributed by atoms with E-state index >= 15 is 0 Å². The van der Waals surface area contributed by atoms with E-state index in [9.17, 15) is 4.79 Å². The third-order valence-corrected chi connectivity index (χ3v) is 2.24. The summed E-state index contributed by atoms with van der Waals surface area (Å²) in [4.78, 5) is 23.9. The van der Waals surface area contributed by atoms with E-state index in [1.54, 1.807) is 18.9 Å². The number of aliphatic carboxylic acids is 1. The third kappa shape index (κ3) is 3.70. The number of halogens is 1. The number of anilines is 1. The van der Waals surface area contributed by atoms with E-state index in [4.69, 9.17) is 21.4 Å². The molecular weight excluding hydrogens is 248 g/mol. The van der Waals surface area contributed by atoms with Crippen LogP contribution in [0.3, 0.4) is 0 Å². The molecular formula is C9H13ClN4O3. The molecule has 0 aliphatic rings. The van der Waals surface area contributed by atoms with Crippen LogP contribution in [0, 0.1) is 5.92 Å². The number of aromatic nitrogens is 3. The van der Waals surface area contributed by atoms with E-state index in [0.717, 1.165) is 0 Å². The van der Waals surface area contributed by atoms with Crippen molar-refractivity contribution in [3.63, 3.8) is 0 Å². The Labute approximate surface area is 103 Å². The second kappa shape index (κ2) is 5.62. The summed E-state index contributed by atoms with van der Waals surface area (Å²) < 4.78 is 4.85. The molecule has 1 N–H and O–H groups in total. The van der Waals surface area contributed by atoms with E-state index in [-0.39, 0.29) is 23.8 Å². The second-order valence-corrected chi connectivity index (χ2v) is 3.85. The number of carboxylic acid groups (broad SMARTS) is 1. The van der Waals surface area contributed by atoms with Crippen molar-refractivity contribution < 1.29 is 14.6 Å². The Balaban J connectivity index is 2.84. The van der Waals surface area contributed by atoms with Gasteiger partial charge in [0, 0.05) is 13.6 Å². The first-order chi connectivity index (χ1) is 7.93. The van der Waals surface area contributed by atoms with E-state index in [0.29, 0.717) is 0 Å². The molecule has 0 aromatic carbocycles. The Morgan fingerprint density at radius 2 is 2.18 bits per heavy atom. The number of ether oxygens (including phenoxy) is 1. The Bertz CT molecular complexity index is 415. The van der Waals surface area contributed by atoms with Gasteiger partial charge < -0.3 is 14.7 Å². The summed E-state index contributed by atoms with van der Waals surface area (Å²) in [7, 11) is 3.08. The minimum absolute atomic E-state index is 0.00155. The standard InChI is InChI=1S/C9H13ClN4O3/c1-5(6(15)16)4-14(2)8-11-7(10)12-9(13-8)17-3/h5H,4H2,1-3H3,(H,15,16). The van der Waals surface area contributed by atoms with Gasteiger partial charge in [-0.3, -0.25) is 4.79 Å². The van der Waals surface area contributed by atoms with Gasteiger partial charge in [-0.25, -0.2) is 0 Å². The predicted molar refractivity (Wildman–Crippen MR) is 61.5 cm³/mol. The molecule has 0 saturated heterocycles. The van der Waals surface area contributed by atoms with Gasteiger partial charge in [0.05, 0.1) is 13.0 Å². The SMILES string of the molecule is COc1nc(Cl)nc(N(C)CC(C)C(=O)O)n1. The average Bonchev–Trinajstić information content (AvgIpc) is 2.27. The van der Waals surface area contributed by atoms with Gasteiger partial charge in [-0.05, 0) is 11.6 Å².